The third-order valence-corrected chi connectivity index (χ3v) is 6.38. The Labute approximate surface area is 186 Å². The van der Waals surface area contributed by atoms with Crippen LogP contribution in [0.4, 0.5) is 0 Å². The fourth-order valence-electron chi connectivity index (χ4n) is 3.70. The molecule has 30 heavy (non-hydrogen) atoms. The molecule has 0 saturated carbocycles. The Morgan fingerprint density at radius 1 is 1.20 bits per heavy atom. The summed E-state index contributed by atoms with van der Waals surface area (Å²) in [6.45, 7) is 12.0. The molecule has 1 aromatic carbocycles. The molecule has 0 radical (unpaired) electrons. The highest BCUT2D eigenvalue weighted by Gasteiger charge is 2.18. The number of carbonyl (C=O) groups excluding carboxylic acids is 1. The van der Waals surface area contributed by atoms with Gasteiger partial charge in [0, 0.05) is 28.8 Å². The Kier molecular flexibility index (Phi) is 7.61. The van der Waals surface area contributed by atoms with Crippen LogP contribution >= 0.6 is 15.9 Å². The van der Waals surface area contributed by atoms with E-state index in [0.29, 0.717) is 17.8 Å². The summed E-state index contributed by atoms with van der Waals surface area (Å²) in [7, 11) is 0. The molecule has 160 valence electrons. The van der Waals surface area contributed by atoms with E-state index in [9.17, 15) is 4.79 Å². The first kappa shape index (κ1) is 22.4. The van der Waals surface area contributed by atoms with Gasteiger partial charge in [0.25, 0.3) is 5.91 Å². The van der Waals surface area contributed by atoms with Crippen molar-refractivity contribution in [1.29, 1.82) is 0 Å². The van der Waals surface area contributed by atoms with E-state index in [0.717, 1.165) is 53.9 Å². The minimum atomic E-state index is -0.116. The van der Waals surface area contributed by atoms with Crippen molar-refractivity contribution in [2.24, 2.45) is 0 Å². The van der Waals surface area contributed by atoms with Gasteiger partial charge in [-0.25, -0.2) is 9.50 Å². The van der Waals surface area contributed by atoms with E-state index in [-0.39, 0.29) is 5.91 Å². The van der Waals surface area contributed by atoms with Crippen LogP contribution < -0.4 is 5.32 Å². The zero-order valence-electron chi connectivity index (χ0n) is 18.2. The van der Waals surface area contributed by atoms with Crippen molar-refractivity contribution in [3.63, 3.8) is 0 Å². The molecule has 0 fully saturated rings. The fourth-order valence-corrected chi connectivity index (χ4v) is 4.12. The number of rotatable bonds is 9. The number of aromatic nitrogens is 3. The van der Waals surface area contributed by atoms with Gasteiger partial charge in [-0.2, -0.15) is 5.10 Å². The normalized spacial score (nSPS) is 11.4. The SMILES string of the molecule is CCN(CC)CCCNC(=O)c1cnn2c(C)c(Cc3ccccc3Br)c(C)nc12. The van der Waals surface area contributed by atoms with E-state index in [1.807, 2.05) is 32.0 Å². The van der Waals surface area contributed by atoms with Crippen LogP contribution in [-0.4, -0.2) is 51.6 Å². The molecule has 0 unspecified atom stereocenters. The fraction of sp³-hybridized carbons (Fsp3) is 0.435. The Morgan fingerprint density at radius 2 is 1.93 bits per heavy atom. The van der Waals surface area contributed by atoms with Crippen molar-refractivity contribution in [3.05, 3.63) is 63.0 Å². The zero-order valence-corrected chi connectivity index (χ0v) is 19.8. The lowest BCUT2D eigenvalue weighted by atomic mass is 10.0. The molecule has 0 atom stereocenters. The van der Waals surface area contributed by atoms with E-state index in [2.05, 4.69) is 51.2 Å². The summed E-state index contributed by atoms with van der Waals surface area (Å²) in [5.74, 6) is -0.116. The van der Waals surface area contributed by atoms with Crippen LogP contribution in [0.15, 0.2) is 34.9 Å². The standard InChI is InChI=1S/C23H30BrN5O/c1-5-28(6-2)13-9-12-25-23(30)20-15-26-29-17(4)19(16(3)27-22(20)29)14-18-10-7-8-11-21(18)24/h7-8,10-11,15H,5-6,9,12-14H2,1-4H3,(H,25,30). The Hall–Kier alpha value is -2.25. The van der Waals surface area contributed by atoms with Crippen LogP contribution in [0.5, 0.6) is 0 Å². The van der Waals surface area contributed by atoms with Crippen LogP contribution in [-0.2, 0) is 6.42 Å². The molecule has 0 aliphatic heterocycles. The molecular weight excluding hydrogens is 442 g/mol. The minimum Gasteiger partial charge on any atom is -0.352 e. The first-order valence-electron chi connectivity index (χ1n) is 10.5. The van der Waals surface area contributed by atoms with Crippen LogP contribution in [0.1, 0.15) is 53.1 Å². The second-order valence-corrected chi connectivity index (χ2v) is 8.31. The summed E-state index contributed by atoms with van der Waals surface area (Å²) in [5, 5.41) is 7.48. The number of nitrogens with zero attached hydrogens (tertiary/aromatic N) is 4. The summed E-state index contributed by atoms with van der Waals surface area (Å²) in [4.78, 5) is 19.8. The number of carbonyl (C=O) groups is 1. The van der Waals surface area contributed by atoms with Crippen molar-refractivity contribution in [2.45, 2.75) is 40.5 Å². The van der Waals surface area contributed by atoms with E-state index in [1.165, 1.54) is 5.56 Å². The van der Waals surface area contributed by atoms with Crippen LogP contribution in [0.25, 0.3) is 5.65 Å². The topological polar surface area (TPSA) is 62.5 Å². The predicted molar refractivity (Wildman–Crippen MR) is 124 cm³/mol. The zero-order chi connectivity index (χ0) is 21.7. The van der Waals surface area contributed by atoms with Gasteiger partial charge in [0.05, 0.1) is 6.20 Å². The van der Waals surface area contributed by atoms with Gasteiger partial charge in [0.1, 0.15) is 5.56 Å². The smallest absolute Gasteiger partial charge is 0.256 e. The van der Waals surface area contributed by atoms with Crippen LogP contribution in [0.3, 0.4) is 0 Å². The average Bonchev–Trinajstić information content (AvgIpc) is 3.16. The Morgan fingerprint density at radius 3 is 2.63 bits per heavy atom. The minimum absolute atomic E-state index is 0.116. The molecule has 0 saturated heterocycles. The largest absolute Gasteiger partial charge is 0.352 e. The molecule has 1 amide bonds. The molecule has 0 spiro atoms. The number of amides is 1. The highest BCUT2D eigenvalue weighted by molar-refractivity contribution is 9.10. The van der Waals surface area contributed by atoms with E-state index >= 15 is 0 Å². The molecule has 6 nitrogen and oxygen atoms in total. The van der Waals surface area contributed by atoms with E-state index < -0.39 is 0 Å². The molecule has 7 heteroatoms. The maximum absolute atomic E-state index is 12.7. The summed E-state index contributed by atoms with van der Waals surface area (Å²) in [5.41, 5.74) is 5.39. The van der Waals surface area contributed by atoms with Gasteiger partial charge in [-0.3, -0.25) is 4.79 Å². The van der Waals surface area contributed by atoms with Crippen molar-refractivity contribution in [3.8, 4) is 0 Å². The lowest BCUT2D eigenvalue weighted by Crippen LogP contribution is -2.30. The number of halogens is 1. The molecule has 1 N–H and O–H groups in total. The van der Waals surface area contributed by atoms with Crippen molar-refractivity contribution < 1.29 is 4.79 Å². The number of hydrogen-bond acceptors (Lipinski definition) is 4. The summed E-state index contributed by atoms with van der Waals surface area (Å²) in [6, 6.07) is 8.19. The number of hydrogen-bond donors (Lipinski definition) is 1. The Balaban J connectivity index is 1.77. The van der Waals surface area contributed by atoms with E-state index in [4.69, 9.17) is 4.98 Å². The summed E-state index contributed by atoms with van der Waals surface area (Å²) >= 11 is 3.62. The van der Waals surface area contributed by atoms with Crippen molar-refractivity contribution in [1.82, 2.24) is 24.8 Å². The number of fused-ring (bicyclic) bond motifs is 1. The summed E-state index contributed by atoms with van der Waals surface area (Å²) in [6.07, 6.45) is 3.31. The molecule has 0 aliphatic rings. The molecule has 2 aromatic heterocycles. The molecule has 0 bridgehead atoms. The number of benzene rings is 1. The van der Waals surface area contributed by atoms with Gasteiger partial charge in [-0.1, -0.05) is 48.0 Å². The lowest BCUT2D eigenvalue weighted by Gasteiger charge is -2.17. The van der Waals surface area contributed by atoms with Gasteiger partial charge < -0.3 is 10.2 Å². The average molecular weight is 472 g/mol. The van der Waals surface area contributed by atoms with Gasteiger partial charge >= 0.3 is 0 Å². The predicted octanol–water partition coefficient (Wildman–Crippen LogP) is 4.16. The maximum Gasteiger partial charge on any atom is 0.256 e. The highest BCUT2D eigenvalue weighted by atomic mass is 79.9. The van der Waals surface area contributed by atoms with Gasteiger partial charge in [-0.15, -0.1) is 0 Å². The number of aryl methyl sites for hydroxylation is 2. The van der Waals surface area contributed by atoms with Gasteiger partial charge in [0.2, 0.25) is 0 Å². The quantitative estimate of drug-likeness (QED) is 0.475. The third-order valence-electron chi connectivity index (χ3n) is 5.61. The Bertz CT molecular complexity index is 1030. The molecule has 0 aliphatic carbocycles. The van der Waals surface area contributed by atoms with Crippen LogP contribution in [0.2, 0.25) is 0 Å². The summed E-state index contributed by atoms with van der Waals surface area (Å²) < 4.78 is 2.86. The second-order valence-electron chi connectivity index (χ2n) is 7.46. The highest BCUT2D eigenvalue weighted by Crippen LogP contribution is 2.24. The third kappa shape index (κ3) is 4.90. The second kappa shape index (κ2) is 10.2. The van der Waals surface area contributed by atoms with Crippen molar-refractivity contribution in [2.75, 3.05) is 26.2 Å². The first-order valence-corrected chi connectivity index (χ1v) is 11.3. The van der Waals surface area contributed by atoms with Crippen molar-refractivity contribution >= 4 is 27.5 Å². The lowest BCUT2D eigenvalue weighted by molar-refractivity contribution is 0.0953. The first-order chi connectivity index (χ1) is 14.5. The monoisotopic (exact) mass is 471 g/mol. The van der Waals surface area contributed by atoms with E-state index in [1.54, 1.807) is 10.7 Å². The maximum atomic E-state index is 12.7. The number of nitrogens with one attached hydrogen (secondary N) is 1. The van der Waals surface area contributed by atoms with Gasteiger partial charge in [0.15, 0.2) is 5.65 Å². The molecular formula is C23H30BrN5O. The molecule has 3 rings (SSSR count). The van der Waals surface area contributed by atoms with Gasteiger partial charge in [-0.05, 0) is 57.1 Å². The van der Waals surface area contributed by atoms with Crippen LogP contribution in [0, 0.1) is 13.8 Å². The molecule has 3 aromatic rings. The molecule has 2 heterocycles.